The molecular formula is C21H24N2O3. The van der Waals surface area contributed by atoms with Gasteiger partial charge >= 0.3 is 6.09 Å². The summed E-state index contributed by atoms with van der Waals surface area (Å²) in [5, 5.41) is 2.72. The first-order valence-corrected chi connectivity index (χ1v) is 8.77. The van der Waals surface area contributed by atoms with Crippen molar-refractivity contribution in [1.82, 2.24) is 5.32 Å². The monoisotopic (exact) mass is 352 g/mol. The summed E-state index contributed by atoms with van der Waals surface area (Å²) < 4.78 is 5.20. The summed E-state index contributed by atoms with van der Waals surface area (Å²) in [6.07, 6.45) is -0.482. The SMILES string of the molecule is Cc1ccc2c(c1)N(CCNC(=O)OCc1ccccc1)C(=O)C2(C)C. The van der Waals surface area contributed by atoms with Gasteiger partial charge in [0, 0.05) is 18.8 Å². The number of amides is 2. The Hall–Kier alpha value is -2.82. The van der Waals surface area contributed by atoms with Crippen LogP contribution in [0.1, 0.15) is 30.5 Å². The van der Waals surface area contributed by atoms with E-state index in [0.29, 0.717) is 13.1 Å². The van der Waals surface area contributed by atoms with Gasteiger partial charge < -0.3 is 15.0 Å². The van der Waals surface area contributed by atoms with Crippen LogP contribution in [0.3, 0.4) is 0 Å². The molecule has 0 aromatic heterocycles. The number of nitrogens with zero attached hydrogens (tertiary/aromatic N) is 1. The molecule has 0 atom stereocenters. The molecule has 1 N–H and O–H groups in total. The summed E-state index contributed by atoms with van der Waals surface area (Å²) in [7, 11) is 0. The standard InChI is InChI=1S/C21H24N2O3/c1-15-9-10-17-18(13-15)23(19(24)21(17,2)3)12-11-22-20(25)26-14-16-7-5-4-6-8-16/h4-10,13H,11-12,14H2,1-3H3,(H,22,25). The normalized spacial score (nSPS) is 14.9. The molecule has 5 nitrogen and oxygen atoms in total. The smallest absolute Gasteiger partial charge is 0.407 e. The number of aryl methyl sites for hydroxylation is 1. The van der Waals surface area contributed by atoms with Gasteiger partial charge in [0.1, 0.15) is 6.61 Å². The number of benzene rings is 2. The van der Waals surface area contributed by atoms with E-state index in [1.165, 1.54) is 0 Å². The second kappa shape index (κ2) is 7.20. The van der Waals surface area contributed by atoms with E-state index >= 15 is 0 Å². The number of anilines is 1. The van der Waals surface area contributed by atoms with Crippen molar-refractivity contribution in [2.75, 3.05) is 18.0 Å². The van der Waals surface area contributed by atoms with Crippen LogP contribution in [0, 0.1) is 6.92 Å². The highest BCUT2D eigenvalue weighted by atomic mass is 16.5. The van der Waals surface area contributed by atoms with E-state index in [1.54, 1.807) is 4.90 Å². The summed E-state index contributed by atoms with van der Waals surface area (Å²) in [5.41, 5.74) is 3.45. The van der Waals surface area contributed by atoms with E-state index < -0.39 is 11.5 Å². The zero-order valence-electron chi connectivity index (χ0n) is 15.4. The van der Waals surface area contributed by atoms with Crippen LogP contribution in [-0.2, 0) is 21.6 Å². The van der Waals surface area contributed by atoms with Crippen LogP contribution < -0.4 is 10.2 Å². The third-order valence-electron chi connectivity index (χ3n) is 4.71. The molecule has 136 valence electrons. The quantitative estimate of drug-likeness (QED) is 0.895. The fraction of sp³-hybridized carbons (Fsp3) is 0.333. The number of alkyl carbamates (subject to hydrolysis) is 1. The molecule has 26 heavy (non-hydrogen) atoms. The largest absolute Gasteiger partial charge is 0.445 e. The van der Waals surface area contributed by atoms with Crippen LogP contribution in [0.4, 0.5) is 10.5 Å². The van der Waals surface area contributed by atoms with Crippen LogP contribution in [0.5, 0.6) is 0 Å². The third-order valence-corrected chi connectivity index (χ3v) is 4.71. The topological polar surface area (TPSA) is 58.6 Å². The molecule has 2 aromatic carbocycles. The van der Waals surface area contributed by atoms with E-state index in [2.05, 4.69) is 5.32 Å². The van der Waals surface area contributed by atoms with Crippen molar-refractivity contribution in [3.05, 3.63) is 65.2 Å². The minimum Gasteiger partial charge on any atom is -0.445 e. The van der Waals surface area contributed by atoms with Crippen LogP contribution in [0.25, 0.3) is 0 Å². The van der Waals surface area contributed by atoms with Gasteiger partial charge in [0.2, 0.25) is 5.91 Å². The molecule has 5 heteroatoms. The number of fused-ring (bicyclic) bond motifs is 1. The van der Waals surface area contributed by atoms with E-state index in [1.807, 2.05) is 69.3 Å². The lowest BCUT2D eigenvalue weighted by atomic mass is 9.86. The molecule has 0 fully saturated rings. The van der Waals surface area contributed by atoms with Gasteiger partial charge in [-0.25, -0.2) is 4.79 Å². The Kier molecular flexibility index (Phi) is 4.98. The highest BCUT2D eigenvalue weighted by Gasteiger charge is 2.43. The number of carbonyl (C=O) groups excluding carboxylic acids is 2. The lowest BCUT2D eigenvalue weighted by Crippen LogP contribution is -2.41. The van der Waals surface area contributed by atoms with Gasteiger partial charge in [-0.15, -0.1) is 0 Å². The maximum Gasteiger partial charge on any atom is 0.407 e. The molecule has 3 rings (SSSR count). The average Bonchev–Trinajstić information content (AvgIpc) is 2.81. The minimum absolute atomic E-state index is 0.0533. The van der Waals surface area contributed by atoms with Gasteiger partial charge in [-0.3, -0.25) is 4.79 Å². The predicted molar refractivity (Wildman–Crippen MR) is 101 cm³/mol. The zero-order chi connectivity index (χ0) is 18.7. The van der Waals surface area contributed by atoms with Gasteiger partial charge in [0.15, 0.2) is 0 Å². The second-order valence-electron chi connectivity index (χ2n) is 7.09. The average molecular weight is 352 g/mol. The molecule has 2 amide bonds. The van der Waals surface area contributed by atoms with Gasteiger partial charge in [-0.2, -0.15) is 0 Å². The van der Waals surface area contributed by atoms with Crippen LogP contribution in [-0.4, -0.2) is 25.1 Å². The summed E-state index contributed by atoms with van der Waals surface area (Å²) in [4.78, 5) is 26.4. The molecule has 0 unspecified atom stereocenters. The molecule has 0 saturated carbocycles. The van der Waals surface area contributed by atoms with E-state index in [-0.39, 0.29) is 12.5 Å². The van der Waals surface area contributed by atoms with Crippen molar-refractivity contribution < 1.29 is 14.3 Å². The van der Waals surface area contributed by atoms with Gasteiger partial charge in [0.25, 0.3) is 0 Å². The van der Waals surface area contributed by atoms with Gasteiger partial charge in [-0.05, 0) is 43.5 Å². The molecule has 0 bridgehead atoms. The van der Waals surface area contributed by atoms with Crippen molar-refractivity contribution in [2.24, 2.45) is 0 Å². The Bertz CT molecular complexity index is 815. The van der Waals surface area contributed by atoms with Crippen molar-refractivity contribution in [1.29, 1.82) is 0 Å². The molecule has 1 aliphatic heterocycles. The Morgan fingerprint density at radius 3 is 2.62 bits per heavy atom. The fourth-order valence-corrected chi connectivity index (χ4v) is 3.22. The second-order valence-corrected chi connectivity index (χ2v) is 7.09. The van der Waals surface area contributed by atoms with E-state index in [0.717, 1.165) is 22.4 Å². The molecular weight excluding hydrogens is 328 g/mol. The Morgan fingerprint density at radius 1 is 1.15 bits per heavy atom. The highest BCUT2D eigenvalue weighted by molar-refractivity contribution is 6.07. The number of hydrogen-bond acceptors (Lipinski definition) is 3. The van der Waals surface area contributed by atoms with E-state index in [9.17, 15) is 9.59 Å². The Balaban J connectivity index is 1.56. The number of hydrogen-bond donors (Lipinski definition) is 1. The molecule has 0 spiro atoms. The van der Waals surface area contributed by atoms with Crippen molar-refractivity contribution in [2.45, 2.75) is 32.8 Å². The van der Waals surface area contributed by atoms with Crippen LogP contribution in [0.15, 0.2) is 48.5 Å². The van der Waals surface area contributed by atoms with Crippen molar-refractivity contribution >= 4 is 17.7 Å². The first-order valence-electron chi connectivity index (χ1n) is 8.77. The fourth-order valence-electron chi connectivity index (χ4n) is 3.22. The summed E-state index contributed by atoms with van der Waals surface area (Å²) >= 11 is 0. The first kappa shape index (κ1) is 18.0. The summed E-state index contributed by atoms with van der Waals surface area (Å²) in [6, 6.07) is 15.6. The summed E-state index contributed by atoms with van der Waals surface area (Å²) in [5.74, 6) is 0.0533. The maximum absolute atomic E-state index is 12.8. The molecule has 0 aliphatic carbocycles. The minimum atomic E-state index is -0.545. The Labute approximate surface area is 154 Å². The number of nitrogens with one attached hydrogen (secondary N) is 1. The van der Waals surface area contributed by atoms with Crippen molar-refractivity contribution in [3.63, 3.8) is 0 Å². The number of rotatable bonds is 5. The molecule has 1 heterocycles. The lowest BCUT2D eigenvalue weighted by Gasteiger charge is -2.20. The maximum atomic E-state index is 12.8. The lowest BCUT2D eigenvalue weighted by molar-refractivity contribution is -0.122. The van der Waals surface area contributed by atoms with Crippen LogP contribution >= 0.6 is 0 Å². The van der Waals surface area contributed by atoms with Gasteiger partial charge in [0.05, 0.1) is 5.41 Å². The van der Waals surface area contributed by atoms with Gasteiger partial charge in [-0.1, -0.05) is 42.5 Å². The van der Waals surface area contributed by atoms with Crippen LogP contribution in [0.2, 0.25) is 0 Å². The molecule has 1 aliphatic rings. The zero-order valence-corrected chi connectivity index (χ0v) is 15.4. The molecule has 2 aromatic rings. The van der Waals surface area contributed by atoms with Crippen molar-refractivity contribution in [3.8, 4) is 0 Å². The Morgan fingerprint density at radius 2 is 1.88 bits per heavy atom. The third kappa shape index (κ3) is 3.57. The number of ether oxygens (including phenoxy) is 1. The summed E-state index contributed by atoms with van der Waals surface area (Å²) in [6.45, 7) is 6.86. The molecule has 0 radical (unpaired) electrons. The predicted octanol–water partition coefficient (Wildman–Crippen LogP) is 3.55. The van der Waals surface area contributed by atoms with E-state index in [4.69, 9.17) is 4.74 Å². The molecule has 0 saturated heterocycles. The highest BCUT2D eigenvalue weighted by Crippen LogP contribution is 2.41. The number of carbonyl (C=O) groups is 2. The first-order chi connectivity index (χ1) is 12.4.